The summed E-state index contributed by atoms with van der Waals surface area (Å²) in [6.07, 6.45) is 3.53. The van der Waals surface area contributed by atoms with Gasteiger partial charge in [-0.05, 0) is 26.3 Å². The molecule has 0 radical (unpaired) electrons. The minimum atomic E-state index is -0.772. The van der Waals surface area contributed by atoms with Crippen LogP contribution in [0.15, 0.2) is 18.5 Å². The van der Waals surface area contributed by atoms with Crippen molar-refractivity contribution < 1.29 is 15.0 Å². The highest BCUT2D eigenvalue weighted by Crippen LogP contribution is 2.28. The van der Waals surface area contributed by atoms with E-state index < -0.39 is 5.60 Å². The number of nitrogens with zero attached hydrogens (tertiary/aromatic N) is 2. The first-order valence-electron chi connectivity index (χ1n) is 6.03. The van der Waals surface area contributed by atoms with Crippen LogP contribution in [0.5, 0.6) is 5.75 Å². The number of rotatable bonds is 2. The van der Waals surface area contributed by atoms with Gasteiger partial charge in [-0.1, -0.05) is 0 Å². The Labute approximate surface area is 106 Å². The SMILES string of the molecule is CC(C)(O)[C@H]1CCN(C(=O)c2cncc(O)c2)C1. The minimum Gasteiger partial charge on any atom is -0.506 e. The van der Waals surface area contributed by atoms with E-state index in [1.807, 2.05) is 0 Å². The predicted molar refractivity (Wildman–Crippen MR) is 66.2 cm³/mol. The first kappa shape index (κ1) is 12.8. The van der Waals surface area contributed by atoms with Gasteiger partial charge in [-0.25, -0.2) is 0 Å². The molecule has 18 heavy (non-hydrogen) atoms. The Morgan fingerprint density at radius 3 is 2.78 bits per heavy atom. The van der Waals surface area contributed by atoms with Crippen LogP contribution in [0.25, 0.3) is 0 Å². The average molecular weight is 250 g/mol. The van der Waals surface area contributed by atoms with Crippen molar-refractivity contribution in [3.05, 3.63) is 24.0 Å². The summed E-state index contributed by atoms with van der Waals surface area (Å²) in [5, 5.41) is 19.3. The van der Waals surface area contributed by atoms with E-state index in [-0.39, 0.29) is 17.6 Å². The Balaban J connectivity index is 2.08. The maximum Gasteiger partial charge on any atom is 0.255 e. The van der Waals surface area contributed by atoms with Gasteiger partial charge in [0.1, 0.15) is 5.75 Å². The second kappa shape index (κ2) is 4.57. The Morgan fingerprint density at radius 2 is 2.22 bits per heavy atom. The summed E-state index contributed by atoms with van der Waals surface area (Å²) in [4.78, 5) is 17.7. The molecular formula is C13H18N2O3. The van der Waals surface area contributed by atoms with E-state index >= 15 is 0 Å². The number of aliphatic hydroxyl groups is 1. The number of amides is 1. The molecule has 0 aliphatic carbocycles. The van der Waals surface area contributed by atoms with Gasteiger partial charge in [-0.3, -0.25) is 9.78 Å². The monoisotopic (exact) mass is 250 g/mol. The van der Waals surface area contributed by atoms with E-state index in [1.54, 1.807) is 18.7 Å². The second-order valence-electron chi connectivity index (χ2n) is 5.32. The fraction of sp³-hybridized carbons (Fsp3) is 0.538. The lowest BCUT2D eigenvalue weighted by atomic mass is 9.90. The number of likely N-dealkylation sites (tertiary alicyclic amines) is 1. The average Bonchev–Trinajstić information content (AvgIpc) is 2.77. The zero-order valence-electron chi connectivity index (χ0n) is 10.6. The molecule has 5 nitrogen and oxygen atoms in total. The summed E-state index contributed by atoms with van der Waals surface area (Å²) in [6.45, 7) is 4.70. The molecule has 0 aromatic carbocycles. The van der Waals surface area contributed by atoms with Crippen molar-refractivity contribution in [3.63, 3.8) is 0 Å². The molecule has 0 unspecified atom stereocenters. The lowest BCUT2D eigenvalue weighted by Gasteiger charge is -2.25. The highest BCUT2D eigenvalue weighted by Gasteiger charge is 2.35. The lowest BCUT2D eigenvalue weighted by Crippen LogP contribution is -2.35. The number of pyridine rings is 1. The minimum absolute atomic E-state index is 0.0147. The number of aromatic hydroxyl groups is 1. The topological polar surface area (TPSA) is 73.7 Å². The molecule has 1 fully saturated rings. The van der Waals surface area contributed by atoms with Gasteiger partial charge < -0.3 is 15.1 Å². The number of carbonyl (C=O) groups excluding carboxylic acids is 1. The van der Waals surface area contributed by atoms with Gasteiger partial charge in [0.05, 0.1) is 17.4 Å². The van der Waals surface area contributed by atoms with Crippen LogP contribution in [-0.2, 0) is 0 Å². The molecule has 1 aliphatic heterocycles. The fourth-order valence-corrected chi connectivity index (χ4v) is 2.25. The van der Waals surface area contributed by atoms with Crippen molar-refractivity contribution >= 4 is 5.91 Å². The molecule has 2 rings (SSSR count). The Morgan fingerprint density at radius 1 is 1.50 bits per heavy atom. The Bertz CT molecular complexity index is 454. The third-order valence-corrected chi connectivity index (χ3v) is 3.45. The standard InChI is InChI=1S/C13H18N2O3/c1-13(2,18)10-3-4-15(8-10)12(17)9-5-11(16)7-14-6-9/h5-7,10,16,18H,3-4,8H2,1-2H3/t10-/m0/s1. The van der Waals surface area contributed by atoms with Crippen LogP contribution < -0.4 is 0 Å². The molecule has 0 bridgehead atoms. The maximum atomic E-state index is 12.2. The number of carbonyl (C=O) groups is 1. The van der Waals surface area contributed by atoms with E-state index in [1.165, 1.54) is 18.5 Å². The van der Waals surface area contributed by atoms with Gasteiger partial charge in [0.25, 0.3) is 5.91 Å². The van der Waals surface area contributed by atoms with E-state index in [2.05, 4.69) is 4.98 Å². The molecule has 1 amide bonds. The van der Waals surface area contributed by atoms with Crippen LogP contribution in [0.1, 0.15) is 30.6 Å². The quantitative estimate of drug-likeness (QED) is 0.822. The third kappa shape index (κ3) is 2.61. The predicted octanol–water partition coefficient (Wildman–Crippen LogP) is 1.02. The zero-order valence-corrected chi connectivity index (χ0v) is 10.6. The highest BCUT2D eigenvalue weighted by molar-refractivity contribution is 5.94. The molecular weight excluding hydrogens is 232 g/mol. The summed E-state index contributed by atoms with van der Waals surface area (Å²) < 4.78 is 0. The number of hydrogen-bond acceptors (Lipinski definition) is 4. The van der Waals surface area contributed by atoms with Gasteiger partial charge >= 0.3 is 0 Å². The molecule has 0 saturated carbocycles. The maximum absolute atomic E-state index is 12.2. The van der Waals surface area contributed by atoms with Crippen molar-refractivity contribution in [1.29, 1.82) is 0 Å². The number of hydrogen-bond donors (Lipinski definition) is 2. The van der Waals surface area contributed by atoms with Gasteiger partial charge in [-0.2, -0.15) is 0 Å². The van der Waals surface area contributed by atoms with Crippen molar-refractivity contribution in [2.45, 2.75) is 25.9 Å². The summed E-state index contributed by atoms with van der Waals surface area (Å²) in [7, 11) is 0. The Hall–Kier alpha value is -1.62. The van der Waals surface area contributed by atoms with Gasteiger partial charge in [0.2, 0.25) is 0 Å². The van der Waals surface area contributed by atoms with Crippen LogP contribution in [0, 0.1) is 5.92 Å². The van der Waals surface area contributed by atoms with Crippen LogP contribution >= 0.6 is 0 Å². The Kier molecular flexibility index (Phi) is 3.26. The van der Waals surface area contributed by atoms with Crippen LogP contribution in [0.4, 0.5) is 0 Å². The lowest BCUT2D eigenvalue weighted by molar-refractivity contribution is 0.0211. The summed E-state index contributed by atoms with van der Waals surface area (Å²) in [6, 6.07) is 1.41. The van der Waals surface area contributed by atoms with Gasteiger partial charge in [-0.15, -0.1) is 0 Å². The van der Waals surface area contributed by atoms with Crippen molar-refractivity contribution in [1.82, 2.24) is 9.88 Å². The largest absolute Gasteiger partial charge is 0.506 e. The molecule has 5 heteroatoms. The van der Waals surface area contributed by atoms with Crippen molar-refractivity contribution in [2.24, 2.45) is 5.92 Å². The molecule has 1 atom stereocenters. The number of aromatic nitrogens is 1. The van der Waals surface area contributed by atoms with Gasteiger partial charge in [0.15, 0.2) is 0 Å². The first-order chi connectivity index (χ1) is 8.38. The molecule has 1 aliphatic rings. The van der Waals surface area contributed by atoms with E-state index in [0.717, 1.165) is 6.42 Å². The summed E-state index contributed by atoms with van der Waals surface area (Å²) in [5.74, 6) is -0.0732. The van der Waals surface area contributed by atoms with E-state index in [4.69, 9.17) is 0 Å². The van der Waals surface area contributed by atoms with Crippen LogP contribution in [0.3, 0.4) is 0 Å². The fourth-order valence-electron chi connectivity index (χ4n) is 2.25. The van der Waals surface area contributed by atoms with Gasteiger partial charge in [0, 0.05) is 25.2 Å². The van der Waals surface area contributed by atoms with Crippen molar-refractivity contribution in [2.75, 3.05) is 13.1 Å². The smallest absolute Gasteiger partial charge is 0.255 e. The highest BCUT2D eigenvalue weighted by atomic mass is 16.3. The summed E-state index contributed by atoms with van der Waals surface area (Å²) in [5.41, 5.74) is -0.391. The molecule has 1 saturated heterocycles. The third-order valence-electron chi connectivity index (χ3n) is 3.45. The van der Waals surface area contributed by atoms with Crippen LogP contribution in [0.2, 0.25) is 0 Å². The van der Waals surface area contributed by atoms with Crippen molar-refractivity contribution in [3.8, 4) is 5.75 Å². The normalized spacial score (nSPS) is 20.2. The van der Waals surface area contributed by atoms with Crippen LogP contribution in [-0.4, -0.2) is 44.7 Å². The second-order valence-corrected chi connectivity index (χ2v) is 5.32. The van der Waals surface area contributed by atoms with E-state index in [0.29, 0.717) is 18.7 Å². The molecule has 1 aromatic heterocycles. The zero-order chi connectivity index (χ0) is 13.3. The molecule has 98 valence electrons. The molecule has 0 spiro atoms. The first-order valence-corrected chi connectivity index (χ1v) is 6.03. The molecule has 2 N–H and O–H groups in total. The molecule has 2 heterocycles. The molecule has 1 aromatic rings. The summed E-state index contributed by atoms with van der Waals surface area (Å²) >= 11 is 0. The van der Waals surface area contributed by atoms with E-state index in [9.17, 15) is 15.0 Å².